The number of benzene rings is 2. The van der Waals surface area contributed by atoms with Crippen LogP contribution in [0.3, 0.4) is 0 Å². The molecule has 2 aromatic rings. The van der Waals surface area contributed by atoms with Crippen molar-refractivity contribution in [3.8, 4) is 0 Å². The van der Waals surface area contributed by atoms with Crippen LogP contribution in [0.2, 0.25) is 0 Å². The van der Waals surface area contributed by atoms with Crippen LogP contribution < -0.4 is 0 Å². The molecule has 105 valence electrons. The van der Waals surface area contributed by atoms with Gasteiger partial charge in [-0.05, 0) is 5.56 Å². The summed E-state index contributed by atoms with van der Waals surface area (Å²) < 4.78 is 0. The molecule has 1 radical (unpaired) electrons. The first-order valence-corrected chi connectivity index (χ1v) is 5.44. The first-order valence-electron chi connectivity index (χ1n) is 5.44. The van der Waals surface area contributed by atoms with E-state index >= 15 is 0 Å². The van der Waals surface area contributed by atoms with Gasteiger partial charge in [-0.1, -0.05) is 60.7 Å². The molecule has 0 fully saturated rings. The van der Waals surface area contributed by atoms with Crippen LogP contribution in [0.5, 0.6) is 0 Å². The Balaban J connectivity index is 0.00000162. The number of hydrogen-bond donors (Lipinski definition) is 0. The second kappa shape index (κ2) is 8.97. The summed E-state index contributed by atoms with van der Waals surface area (Å²) in [6.07, 6.45) is 0.161. The third-order valence-electron chi connectivity index (χ3n) is 2.50. The number of Topliss-reactive ketones (excluding diaryl/α,β-unsaturated/α-hetero) is 2. The van der Waals surface area contributed by atoms with Crippen LogP contribution in [0, 0.1) is 36.9 Å². The minimum atomic E-state index is -0.422. The van der Waals surface area contributed by atoms with Gasteiger partial charge in [0, 0.05) is 48.9 Å². The van der Waals surface area contributed by atoms with E-state index in [1.807, 2.05) is 36.4 Å². The Morgan fingerprint density at radius 1 is 0.789 bits per heavy atom. The van der Waals surface area contributed by atoms with Crippen LogP contribution in [-0.4, -0.2) is 17.0 Å². The van der Waals surface area contributed by atoms with Crippen molar-refractivity contribution in [2.45, 2.75) is 6.42 Å². The molecule has 0 spiro atoms. The number of rotatable bonds is 4. The molecule has 0 atom stereocenters. The van der Waals surface area contributed by atoms with E-state index in [1.165, 1.54) is 0 Å². The second-order valence-corrected chi connectivity index (χ2v) is 3.78. The van der Waals surface area contributed by atoms with Crippen molar-refractivity contribution in [3.63, 3.8) is 0 Å². The first-order chi connectivity index (χ1) is 8.27. The molecular weight excluding hydrogens is 397 g/mol. The molecule has 0 saturated heterocycles. The molecule has 2 N–H and O–H groups in total. The molecular formula is C15H14O3Tm. The van der Waals surface area contributed by atoms with E-state index in [0.29, 0.717) is 5.56 Å². The maximum atomic E-state index is 11.8. The molecule has 2 rings (SSSR count). The maximum Gasteiger partial charge on any atom is 0.228 e. The molecule has 3 nitrogen and oxygen atoms in total. The number of hydrogen-bond acceptors (Lipinski definition) is 2. The first kappa shape index (κ1) is 18.0. The quantitative estimate of drug-likeness (QED) is 0.570. The van der Waals surface area contributed by atoms with Gasteiger partial charge >= 0.3 is 0 Å². The van der Waals surface area contributed by atoms with Gasteiger partial charge < -0.3 is 5.48 Å². The molecule has 0 aliphatic heterocycles. The van der Waals surface area contributed by atoms with E-state index < -0.39 is 5.78 Å². The zero-order chi connectivity index (χ0) is 12.1. The van der Waals surface area contributed by atoms with E-state index in [4.69, 9.17) is 0 Å². The number of carbonyl (C=O) groups excluding carboxylic acids is 2. The van der Waals surface area contributed by atoms with Gasteiger partial charge in [0.2, 0.25) is 11.6 Å². The topological polar surface area (TPSA) is 65.6 Å². The fourth-order valence-electron chi connectivity index (χ4n) is 1.61. The van der Waals surface area contributed by atoms with Crippen molar-refractivity contribution in [2.75, 3.05) is 0 Å². The smallest absolute Gasteiger partial charge is 0.228 e. The summed E-state index contributed by atoms with van der Waals surface area (Å²) in [6, 6.07) is 17.9. The summed E-state index contributed by atoms with van der Waals surface area (Å²) in [4.78, 5) is 23.6. The fraction of sp³-hybridized carbons (Fsp3) is 0.0667. The van der Waals surface area contributed by atoms with Gasteiger partial charge in [-0.15, -0.1) is 0 Å². The van der Waals surface area contributed by atoms with Crippen LogP contribution >= 0.6 is 0 Å². The summed E-state index contributed by atoms with van der Waals surface area (Å²) in [5.74, 6) is -0.795. The van der Waals surface area contributed by atoms with Gasteiger partial charge in [-0.25, -0.2) is 0 Å². The predicted octanol–water partition coefficient (Wildman–Crippen LogP) is 1.86. The van der Waals surface area contributed by atoms with Crippen molar-refractivity contribution in [1.29, 1.82) is 0 Å². The molecule has 2 aromatic carbocycles. The summed E-state index contributed by atoms with van der Waals surface area (Å²) in [7, 11) is 0. The molecule has 19 heavy (non-hydrogen) atoms. The van der Waals surface area contributed by atoms with Crippen molar-refractivity contribution in [2.24, 2.45) is 0 Å². The Morgan fingerprint density at radius 3 is 1.79 bits per heavy atom. The third kappa shape index (κ3) is 5.23. The van der Waals surface area contributed by atoms with Gasteiger partial charge in [0.1, 0.15) is 0 Å². The number of carbonyl (C=O) groups is 2. The average Bonchev–Trinajstić information content (AvgIpc) is 2.40. The summed E-state index contributed by atoms with van der Waals surface area (Å²) in [5.41, 5.74) is 1.32. The molecule has 0 aliphatic carbocycles. The van der Waals surface area contributed by atoms with Crippen molar-refractivity contribution >= 4 is 11.6 Å². The van der Waals surface area contributed by atoms with Crippen LogP contribution in [-0.2, 0) is 11.2 Å². The van der Waals surface area contributed by atoms with Gasteiger partial charge in [0.15, 0.2) is 0 Å². The maximum absolute atomic E-state index is 11.8. The SMILES string of the molecule is O.O=C(Cc1ccccc1)C(=O)c1ccccc1.[Tm]. The van der Waals surface area contributed by atoms with Crippen LogP contribution in [0.25, 0.3) is 0 Å². The number of ketones is 2. The van der Waals surface area contributed by atoms with E-state index in [9.17, 15) is 9.59 Å². The van der Waals surface area contributed by atoms with Gasteiger partial charge in [0.25, 0.3) is 0 Å². The minimum Gasteiger partial charge on any atom is -0.412 e. The standard InChI is InChI=1S/C15H12O2.H2O.Tm/c16-14(11-12-7-3-1-4-8-12)15(17)13-9-5-2-6-10-13;;/h1-10H,11H2;1H2;. The summed E-state index contributed by atoms with van der Waals surface area (Å²) in [6.45, 7) is 0. The van der Waals surface area contributed by atoms with Crippen molar-refractivity contribution < 1.29 is 51.9 Å². The van der Waals surface area contributed by atoms with E-state index in [0.717, 1.165) is 5.56 Å². The Morgan fingerprint density at radius 2 is 1.26 bits per heavy atom. The third-order valence-corrected chi connectivity index (χ3v) is 2.50. The Labute approximate surface area is 141 Å². The fourth-order valence-corrected chi connectivity index (χ4v) is 1.61. The molecule has 0 heterocycles. The second-order valence-electron chi connectivity index (χ2n) is 3.78. The molecule has 0 saturated carbocycles. The van der Waals surface area contributed by atoms with Crippen molar-refractivity contribution in [1.82, 2.24) is 0 Å². The van der Waals surface area contributed by atoms with Crippen LogP contribution in [0.1, 0.15) is 15.9 Å². The predicted molar refractivity (Wildman–Crippen MR) is 69.5 cm³/mol. The largest absolute Gasteiger partial charge is 0.412 e. The molecule has 0 amide bonds. The molecule has 0 aliphatic rings. The Hall–Kier alpha value is -1.03. The monoisotopic (exact) mass is 411 g/mol. The minimum absolute atomic E-state index is 0. The zero-order valence-electron chi connectivity index (χ0n) is 10.1. The van der Waals surface area contributed by atoms with Crippen molar-refractivity contribution in [3.05, 3.63) is 71.8 Å². The Bertz CT molecular complexity index is 524. The van der Waals surface area contributed by atoms with Gasteiger partial charge in [-0.3, -0.25) is 9.59 Å². The molecule has 0 aromatic heterocycles. The normalized spacial score (nSPS) is 8.84. The van der Waals surface area contributed by atoms with Gasteiger partial charge in [-0.2, -0.15) is 0 Å². The van der Waals surface area contributed by atoms with E-state index in [2.05, 4.69) is 0 Å². The summed E-state index contributed by atoms with van der Waals surface area (Å²) >= 11 is 0. The molecule has 0 unspecified atom stereocenters. The average molecular weight is 411 g/mol. The molecule has 0 bridgehead atoms. The van der Waals surface area contributed by atoms with E-state index in [1.54, 1.807) is 24.3 Å². The Kier molecular flexibility index (Phi) is 8.49. The van der Waals surface area contributed by atoms with Gasteiger partial charge in [0.05, 0.1) is 0 Å². The molecule has 4 heteroatoms. The zero-order valence-corrected chi connectivity index (χ0v) is 11.9. The van der Waals surface area contributed by atoms with Crippen LogP contribution in [0.15, 0.2) is 60.7 Å². The van der Waals surface area contributed by atoms with E-state index in [-0.39, 0.29) is 54.6 Å². The summed E-state index contributed by atoms with van der Waals surface area (Å²) in [5, 5.41) is 0. The van der Waals surface area contributed by atoms with Crippen LogP contribution in [0.4, 0.5) is 0 Å².